The number of hydrogen-bond acceptors (Lipinski definition) is 3. The summed E-state index contributed by atoms with van der Waals surface area (Å²) in [6.07, 6.45) is -1.88. The average Bonchev–Trinajstić information content (AvgIpc) is 2.27. The molecule has 0 bridgehead atoms. The molecule has 0 fully saturated rings. The molecule has 0 saturated carbocycles. The molecule has 6 heteroatoms. The van der Waals surface area contributed by atoms with Gasteiger partial charge in [0.15, 0.2) is 0 Å². The Balaban J connectivity index is 0.00000256. The van der Waals surface area contributed by atoms with Crippen LogP contribution in [0.3, 0.4) is 0 Å². The van der Waals surface area contributed by atoms with Crippen molar-refractivity contribution in [2.24, 2.45) is 5.73 Å². The van der Waals surface area contributed by atoms with E-state index in [4.69, 9.17) is 17.3 Å². The molecule has 2 atom stereocenters. The first-order chi connectivity index (χ1) is 7.56. The Morgan fingerprint density at radius 2 is 2.24 bits per heavy atom. The molecule has 1 unspecified atom stereocenters. The first-order valence-electron chi connectivity index (χ1n) is 4.88. The second kappa shape index (κ2) is 7.48. The minimum absolute atomic E-state index is 0. The van der Waals surface area contributed by atoms with Gasteiger partial charge in [0.2, 0.25) is 6.17 Å². The third-order valence-corrected chi connectivity index (χ3v) is 2.30. The fourth-order valence-electron chi connectivity index (χ4n) is 1.25. The standard InChI is InChI=1S/C11H13ClFNO2.ClH/c1-2-16-11(15)9(13)10(14)7-4-3-5-8(12)6-7;/h3-6,9-10H,2,14H2,1H3;1H/t9?,10-;/m0./s1. The highest BCUT2D eigenvalue weighted by atomic mass is 35.5. The molecule has 3 nitrogen and oxygen atoms in total. The summed E-state index contributed by atoms with van der Waals surface area (Å²) in [5.41, 5.74) is 6.07. The van der Waals surface area contributed by atoms with Crippen molar-refractivity contribution in [3.63, 3.8) is 0 Å². The van der Waals surface area contributed by atoms with E-state index in [2.05, 4.69) is 4.74 Å². The number of nitrogens with two attached hydrogens (primary N) is 1. The zero-order valence-electron chi connectivity index (χ0n) is 9.23. The molecule has 96 valence electrons. The number of ether oxygens (including phenoxy) is 1. The second-order valence-corrected chi connectivity index (χ2v) is 3.67. The van der Waals surface area contributed by atoms with E-state index in [1.54, 1.807) is 25.1 Å². The van der Waals surface area contributed by atoms with Gasteiger partial charge in [-0.15, -0.1) is 12.4 Å². The van der Waals surface area contributed by atoms with Gasteiger partial charge < -0.3 is 10.5 Å². The van der Waals surface area contributed by atoms with Crippen molar-refractivity contribution < 1.29 is 13.9 Å². The van der Waals surface area contributed by atoms with Gasteiger partial charge in [0.05, 0.1) is 12.6 Å². The monoisotopic (exact) mass is 281 g/mol. The van der Waals surface area contributed by atoms with Crippen molar-refractivity contribution in [2.75, 3.05) is 6.61 Å². The predicted molar refractivity (Wildman–Crippen MR) is 67.2 cm³/mol. The van der Waals surface area contributed by atoms with E-state index in [0.717, 1.165) is 0 Å². The number of halogens is 3. The average molecular weight is 282 g/mol. The van der Waals surface area contributed by atoms with Gasteiger partial charge in [-0.2, -0.15) is 0 Å². The Labute approximate surface area is 110 Å². The lowest BCUT2D eigenvalue weighted by Gasteiger charge is -2.15. The normalized spacial score (nSPS) is 13.4. The van der Waals surface area contributed by atoms with Gasteiger partial charge in [-0.1, -0.05) is 23.7 Å². The Kier molecular flexibility index (Phi) is 7.11. The Hall–Kier alpha value is -0.840. The van der Waals surface area contributed by atoms with Gasteiger partial charge in [0.25, 0.3) is 0 Å². The number of hydrogen-bond donors (Lipinski definition) is 1. The van der Waals surface area contributed by atoms with Crippen molar-refractivity contribution >= 4 is 30.0 Å². The molecule has 0 heterocycles. The van der Waals surface area contributed by atoms with Crippen molar-refractivity contribution in [2.45, 2.75) is 19.1 Å². The summed E-state index contributed by atoms with van der Waals surface area (Å²) in [7, 11) is 0. The van der Waals surface area contributed by atoms with Crippen molar-refractivity contribution in [3.8, 4) is 0 Å². The van der Waals surface area contributed by atoms with Crippen LogP contribution in [0.2, 0.25) is 5.02 Å². The molecule has 2 N–H and O–H groups in total. The highest BCUT2D eigenvalue weighted by Crippen LogP contribution is 2.21. The van der Waals surface area contributed by atoms with Crippen molar-refractivity contribution in [1.82, 2.24) is 0 Å². The molecule has 0 spiro atoms. The van der Waals surface area contributed by atoms with E-state index in [9.17, 15) is 9.18 Å². The number of carbonyl (C=O) groups is 1. The first-order valence-corrected chi connectivity index (χ1v) is 5.25. The van der Waals surface area contributed by atoms with Crippen LogP contribution in [0, 0.1) is 0 Å². The van der Waals surface area contributed by atoms with E-state index in [0.29, 0.717) is 10.6 Å². The number of alkyl halides is 1. The van der Waals surface area contributed by atoms with Crippen LogP contribution in [0.15, 0.2) is 24.3 Å². The number of rotatable bonds is 4. The van der Waals surface area contributed by atoms with Gasteiger partial charge >= 0.3 is 5.97 Å². The minimum Gasteiger partial charge on any atom is -0.464 e. The minimum atomic E-state index is -1.88. The molecule has 1 aromatic rings. The van der Waals surface area contributed by atoms with E-state index in [-0.39, 0.29) is 19.0 Å². The Morgan fingerprint density at radius 1 is 1.59 bits per heavy atom. The van der Waals surface area contributed by atoms with Crippen LogP contribution in [-0.2, 0) is 9.53 Å². The van der Waals surface area contributed by atoms with E-state index in [1.807, 2.05) is 0 Å². The predicted octanol–water partition coefficient (Wildman–Crippen LogP) is 2.66. The maximum atomic E-state index is 13.6. The smallest absolute Gasteiger partial charge is 0.342 e. The molecule has 0 radical (unpaired) electrons. The van der Waals surface area contributed by atoms with Crippen LogP contribution in [-0.4, -0.2) is 18.7 Å². The Bertz CT molecular complexity index is 376. The van der Waals surface area contributed by atoms with Crippen molar-refractivity contribution in [3.05, 3.63) is 34.9 Å². The van der Waals surface area contributed by atoms with E-state index in [1.165, 1.54) is 6.07 Å². The molecule has 0 aliphatic rings. The molecular weight excluding hydrogens is 268 g/mol. The maximum Gasteiger partial charge on any atom is 0.342 e. The molecule has 1 aromatic carbocycles. The molecule has 1 rings (SSSR count). The molecule has 0 aromatic heterocycles. The zero-order valence-corrected chi connectivity index (χ0v) is 10.8. The molecule has 0 saturated heterocycles. The third-order valence-electron chi connectivity index (χ3n) is 2.06. The summed E-state index contributed by atoms with van der Waals surface area (Å²) in [4.78, 5) is 11.1. The number of esters is 1. The molecule has 17 heavy (non-hydrogen) atoms. The first kappa shape index (κ1) is 16.2. The van der Waals surface area contributed by atoms with Gasteiger partial charge in [0.1, 0.15) is 0 Å². The van der Waals surface area contributed by atoms with E-state index >= 15 is 0 Å². The maximum absolute atomic E-state index is 13.6. The summed E-state index contributed by atoms with van der Waals surface area (Å²) >= 11 is 5.74. The van der Waals surface area contributed by atoms with Crippen LogP contribution in [0.1, 0.15) is 18.5 Å². The van der Waals surface area contributed by atoms with Crippen LogP contribution in [0.5, 0.6) is 0 Å². The van der Waals surface area contributed by atoms with Gasteiger partial charge in [-0.05, 0) is 24.6 Å². The molecule has 0 aliphatic heterocycles. The highest BCUT2D eigenvalue weighted by molar-refractivity contribution is 6.30. The summed E-state index contributed by atoms with van der Waals surface area (Å²) in [5.74, 6) is -0.949. The fourth-order valence-corrected chi connectivity index (χ4v) is 1.45. The van der Waals surface area contributed by atoms with Crippen LogP contribution in [0.25, 0.3) is 0 Å². The summed E-state index contributed by atoms with van der Waals surface area (Å²) < 4.78 is 18.1. The molecular formula is C11H14Cl2FNO2. The fraction of sp³-hybridized carbons (Fsp3) is 0.364. The zero-order chi connectivity index (χ0) is 12.1. The van der Waals surface area contributed by atoms with Crippen LogP contribution in [0.4, 0.5) is 4.39 Å². The van der Waals surface area contributed by atoms with Gasteiger partial charge in [0, 0.05) is 5.02 Å². The lowest BCUT2D eigenvalue weighted by molar-refractivity contribution is -0.149. The van der Waals surface area contributed by atoms with Gasteiger partial charge in [-0.3, -0.25) is 0 Å². The Morgan fingerprint density at radius 3 is 2.76 bits per heavy atom. The number of benzene rings is 1. The number of carbonyl (C=O) groups excluding carboxylic acids is 1. The lowest BCUT2D eigenvalue weighted by atomic mass is 10.0. The molecule has 0 aliphatic carbocycles. The lowest BCUT2D eigenvalue weighted by Crippen LogP contribution is -2.31. The summed E-state index contributed by atoms with van der Waals surface area (Å²) in [6, 6.07) is 5.38. The third kappa shape index (κ3) is 4.50. The topological polar surface area (TPSA) is 52.3 Å². The van der Waals surface area contributed by atoms with Crippen LogP contribution >= 0.6 is 24.0 Å². The van der Waals surface area contributed by atoms with Crippen LogP contribution < -0.4 is 5.73 Å². The molecule has 0 amide bonds. The van der Waals surface area contributed by atoms with E-state index < -0.39 is 18.2 Å². The second-order valence-electron chi connectivity index (χ2n) is 3.23. The largest absolute Gasteiger partial charge is 0.464 e. The van der Waals surface area contributed by atoms with Crippen molar-refractivity contribution in [1.29, 1.82) is 0 Å². The van der Waals surface area contributed by atoms with Gasteiger partial charge in [-0.25, -0.2) is 9.18 Å². The quantitative estimate of drug-likeness (QED) is 0.864. The highest BCUT2D eigenvalue weighted by Gasteiger charge is 2.27. The summed E-state index contributed by atoms with van der Waals surface area (Å²) in [5, 5.41) is 0.448. The SMILES string of the molecule is CCOC(=O)C(F)[C@@H](N)c1cccc(Cl)c1.Cl. The summed E-state index contributed by atoms with van der Waals surface area (Å²) in [6.45, 7) is 1.73.